The molecule has 0 atom stereocenters. The van der Waals surface area contributed by atoms with Crippen molar-refractivity contribution in [2.75, 3.05) is 32.4 Å². The highest BCUT2D eigenvalue weighted by molar-refractivity contribution is 7.90. The van der Waals surface area contributed by atoms with Crippen LogP contribution in [0.3, 0.4) is 0 Å². The second-order valence-electron chi connectivity index (χ2n) is 6.26. The zero-order chi connectivity index (χ0) is 16.9. The van der Waals surface area contributed by atoms with E-state index in [9.17, 15) is 13.2 Å². The largest absolute Gasteiger partial charge is 0.351 e. The molecule has 1 heterocycles. The van der Waals surface area contributed by atoms with Crippen molar-refractivity contribution in [2.45, 2.75) is 37.5 Å². The molecule has 2 rings (SSSR count). The van der Waals surface area contributed by atoms with Gasteiger partial charge in [-0.2, -0.15) is 0 Å². The first-order valence-electron chi connectivity index (χ1n) is 8.19. The number of aryl methyl sites for hydroxylation is 1. The van der Waals surface area contributed by atoms with Gasteiger partial charge in [-0.25, -0.2) is 8.42 Å². The van der Waals surface area contributed by atoms with Crippen LogP contribution in [0.2, 0.25) is 0 Å². The van der Waals surface area contributed by atoms with Crippen molar-refractivity contribution < 1.29 is 13.2 Å². The predicted molar refractivity (Wildman–Crippen MR) is 91.5 cm³/mol. The number of likely N-dealkylation sites (tertiary alicyclic amines) is 1. The van der Waals surface area contributed by atoms with Crippen molar-refractivity contribution in [1.29, 1.82) is 0 Å². The normalized spacial score (nSPS) is 16.8. The average molecular weight is 338 g/mol. The van der Waals surface area contributed by atoms with Crippen molar-refractivity contribution in [1.82, 2.24) is 10.2 Å². The van der Waals surface area contributed by atoms with E-state index in [1.54, 1.807) is 12.1 Å². The van der Waals surface area contributed by atoms with Gasteiger partial charge in [-0.1, -0.05) is 18.9 Å². The van der Waals surface area contributed by atoms with Crippen LogP contribution < -0.4 is 5.32 Å². The number of nitrogens with one attached hydrogen (secondary N) is 1. The van der Waals surface area contributed by atoms with Crippen molar-refractivity contribution in [3.8, 4) is 0 Å². The molecule has 1 aromatic carbocycles. The third-order valence-corrected chi connectivity index (χ3v) is 5.40. The first-order valence-corrected chi connectivity index (χ1v) is 10.1. The SMILES string of the molecule is Cc1ccc(S(C)(=O)=O)cc1C(=O)NCCN1CCCCCC1. The van der Waals surface area contributed by atoms with Crippen LogP contribution in [-0.4, -0.2) is 51.7 Å². The Hall–Kier alpha value is -1.40. The van der Waals surface area contributed by atoms with E-state index in [0.717, 1.165) is 31.5 Å². The summed E-state index contributed by atoms with van der Waals surface area (Å²) in [6, 6.07) is 4.69. The Morgan fingerprint density at radius 2 is 1.83 bits per heavy atom. The summed E-state index contributed by atoms with van der Waals surface area (Å²) in [5.74, 6) is -0.206. The van der Waals surface area contributed by atoms with Gasteiger partial charge in [0.2, 0.25) is 0 Å². The van der Waals surface area contributed by atoms with Crippen LogP contribution in [0.5, 0.6) is 0 Å². The molecular formula is C17H26N2O3S. The van der Waals surface area contributed by atoms with Gasteiger partial charge in [-0.05, 0) is 50.6 Å². The summed E-state index contributed by atoms with van der Waals surface area (Å²) in [6.45, 7) is 5.44. The molecule has 0 unspecified atom stereocenters. The van der Waals surface area contributed by atoms with Crippen molar-refractivity contribution >= 4 is 15.7 Å². The van der Waals surface area contributed by atoms with E-state index in [1.807, 2.05) is 6.92 Å². The minimum absolute atomic E-state index is 0.181. The minimum atomic E-state index is -3.31. The first kappa shape index (κ1) is 17.9. The summed E-state index contributed by atoms with van der Waals surface area (Å²) in [6.07, 6.45) is 6.19. The van der Waals surface area contributed by atoms with E-state index >= 15 is 0 Å². The van der Waals surface area contributed by atoms with Gasteiger partial charge in [0.15, 0.2) is 9.84 Å². The molecule has 0 bridgehead atoms. The second-order valence-corrected chi connectivity index (χ2v) is 8.28. The van der Waals surface area contributed by atoms with Gasteiger partial charge in [-0.15, -0.1) is 0 Å². The van der Waals surface area contributed by atoms with Gasteiger partial charge in [0.05, 0.1) is 4.90 Å². The number of carbonyl (C=O) groups excluding carboxylic acids is 1. The lowest BCUT2D eigenvalue weighted by atomic mass is 10.1. The standard InChI is InChI=1S/C17H26N2O3S/c1-14-7-8-15(23(2,21)22)13-16(14)17(20)18-9-12-19-10-5-3-4-6-11-19/h7-8,13H,3-6,9-12H2,1-2H3,(H,18,20). The highest BCUT2D eigenvalue weighted by atomic mass is 32.2. The molecule has 1 fully saturated rings. The topological polar surface area (TPSA) is 66.5 Å². The van der Waals surface area contributed by atoms with E-state index in [-0.39, 0.29) is 10.8 Å². The van der Waals surface area contributed by atoms with Crippen LogP contribution in [-0.2, 0) is 9.84 Å². The van der Waals surface area contributed by atoms with Gasteiger partial charge in [0, 0.05) is 24.9 Å². The molecule has 1 aliphatic rings. The molecule has 1 N–H and O–H groups in total. The molecule has 0 aromatic heterocycles. The Balaban J connectivity index is 1.95. The van der Waals surface area contributed by atoms with Crippen LogP contribution in [0.1, 0.15) is 41.6 Å². The van der Waals surface area contributed by atoms with E-state index in [2.05, 4.69) is 10.2 Å². The van der Waals surface area contributed by atoms with Gasteiger partial charge in [0.25, 0.3) is 5.91 Å². The van der Waals surface area contributed by atoms with Gasteiger partial charge < -0.3 is 10.2 Å². The minimum Gasteiger partial charge on any atom is -0.351 e. The van der Waals surface area contributed by atoms with Gasteiger partial charge in [0.1, 0.15) is 0 Å². The summed E-state index contributed by atoms with van der Waals surface area (Å²) in [5.41, 5.74) is 1.22. The quantitative estimate of drug-likeness (QED) is 0.892. The van der Waals surface area contributed by atoms with E-state index < -0.39 is 9.84 Å². The molecule has 0 spiro atoms. The summed E-state index contributed by atoms with van der Waals surface area (Å²) < 4.78 is 23.3. The van der Waals surface area contributed by atoms with Gasteiger partial charge in [-0.3, -0.25) is 4.79 Å². The third kappa shape index (κ3) is 5.32. The second kappa shape index (κ2) is 7.93. The summed E-state index contributed by atoms with van der Waals surface area (Å²) in [4.78, 5) is 14.9. The fourth-order valence-corrected chi connectivity index (χ4v) is 3.51. The smallest absolute Gasteiger partial charge is 0.251 e. The van der Waals surface area contributed by atoms with Crippen LogP contribution in [0.15, 0.2) is 23.1 Å². The highest BCUT2D eigenvalue weighted by Gasteiger charge is 2.15. The molecular weight excluding hydrogens is 312 g/mol. The maximum absolute atomic E-state index is 12.3. The number of rotatable bonds is 5. The molecule has 128 valence electrons. The zero-order valence-electron chi connectivity index (χ0n) is 14.0. The number of carbonyl (C=O) groups is 1. The van der Waals surface area contributed by atoms with Crippen LogP contribution in [0, 0.1) is 6.92 Å². The number of benzene rings is 1. The molecule has 5 nitrogen and oxygen atoms in total. The number of amides is 1. The molecule has 1 aliphatic heterocycles. The summed E-state index contributed by atoms with van der Waals surface area (Å²) in [7, 11) is -3.31. The number of sulfone groups is 1. The fraction of sp³-hybridized carbons (Fsp3) is 0.588. The van der Waals surface area contributed by atoms with E-state index in [4.69, 9.17) is 0 Å². The van der Waals surface area contributed by atoms with E-state index in [0.29, 0.717) is 12.1 Å². The molecule has 0 aliphatic carbocycles. The number of hydrogen-bond acceptors (Lipinski definition) is 4. The molecule has 1 amide bonds. The number of hydrogen-bond donors (Lipinski definition) is 1. The van der Waals surface area contributed by atoms with Crippen molar-refractivity contribution in [2.24, 2.45) is 0 Å². The molecule has 0 radical (unpaired) electrons. The Morgan fingerprint density at radius 3 is 2.43 bits per heavy atom. The maximum Gasteiger partial charge on any atom is 0.251 e. The molecule has 23 heavy (non-hydrogen) atoms. The Morgan fingerprint density at radius 1 is 1.17 bits per heavy atom. The molecule has 1 aromatic rings. The van der Waals surface area contributed by atoms with Gasteiger partial charge >= 0.3 is 0 Å². The van der Waals surface area contributed by atoms with Crippen molar-refractivity contribution in [3.05, 3.63) is 29.3 Å². The number of nitrogens with zero attached hydrogens (tertiary/aromatic N) is 1. The third-order valence-electron chi connectivity index (χ3n) is 4.29. The molecule has 1 saturated heterocycles. The van der Waals surface area contributed by atoms with E-state index in [1.165, 1.54) is 31.7 Å². The predicted octanol–water partition coefficient (Wildman–Crippen LogP) is 2.00. The van der Waals surface area contributed by atoms with Crippen molar-refractivity contribution in [3.63, 3.8) is 0 Å². The Bertz CT molecular complexity index is 648. The Kier molecular flexibility index (Phi) is 6.18. The Labute approximate surface area is 139 Å². The lowest BCUT2D eigenvalue weighted by Crippen LogP contribution is -2.35. The lowest BCUT2D eigenvalue weighted by Gasteiger charge is -2.20. The molecule has 0 saturated carbocycles. The van der Waals surface area contributed by atoms with Crippen LogP contribution in [0.4, 0.5) is 0 Å². The summed E-state index contributed by atoms with van der Waals surface area (Å²) >= 11 is 0. The highest BCUT2D eigenvalue weighted by Crippen LogP contribution is 2.15. The summed E-state index contributed by atoms with van der Waals surface area (Å²) in [5, 5.41) is 2.91. The average Bonchev–Trinajstić information content (AvgIpc) is 2.75. The monoisotopic (exact) mass is 338 g/mol. The maximum atomic E-state index is 12.3. The first-order chi connectivity index (χ1) is 10.9. The lowest BCUT2D eigenvalue weighted by molar-refractivity contribution is 0.0947. The van der Waals surface area contributed by atoms with Crippen LogP contribution >= 0.6 is 0 Å². The zero-order valence-corrected chi connectivity index (χ0v) is 14.8. The fourth-order valence-electron chi connectivity index (χ4n) is 2.86. The van der Waals surface area contributed by atoms with Crippen LogP contribution in [0.25, 0.3) is 0 Å². The molecule has 6 heteroatoms.